The summed E-state index contributed by atoms with van der Waals surface area (Å²) in [4.78, 5) is 25.5. The molecule has 1 heterocycles. The topological polar surface area (TPSA) is 61.8 Å². The van der Waals surface area contributed by atoms with Crippen molar-refractivity contribution in [1.82, 2.24) is 0 Å². The number of carbonyl (C=O) groups excluding carboxylic acids is 2. The third-order valence-corrected chi connectivity index (χ3v) is 6.18. The van der Waals surface area contributed by atoms with Crippen LogP contribution in [-0.4, -0.2) is 24.0 Å². The second-order valence-corrected chi connectivity index (χ2v) is 8.44. The fourth-order valence-corrected chi connectivity index (χ4v) is 4.38. The van der Waals surface area contributed by atoms with Gasteiger partial charge in [-0.1, -0.05) is 48.0 Å². The van der Waals surface area contributed by atoms with Gasteiger partial charge in [0, 0.05) is 6.42 Å². The van der Waals surface area contributed by atoms with Gasteiger partial charge in [0.2, 0.25) is 11.5 Å². The van der Waals surface area contributed by atoms with Crippen molar-refractivity contribution in [2.45, 2.75) is 38.4 Å². The van der Waals surface area contributed by atoms with Crippen LogP contribution in [0.25, 0.3) is 10.8 Å². The maximum atomic E-state index is 13.0. The number of ketones is 1. The number of benzene rings is 3. The Morgan fingerprint density at radius 2 is 1.75 bits per heavy atom. The fourth-order valence-electron chi connectivity index (χ4n) is 4.38. The summed E-state index contributed by atoms with van der Waals surface area (Å²) in [5.41, 5.74) is 1.62. The van der Waals surface area contributed by atoms with E-state index in [1.54, 1.807) is 12.1 Å². The van der Waals surface area contributed by atoms with Crippen molar-refractivity contribution in [1.29, 1.82) is 0 Å². The normalized spacial score (nSPS) is 22.5. The highest BCUT2D eigenvalue weighted by Gasteiger charge is 2.42. The van der Waals surface area contributed by atoms with Gasteiger partial charge in [0.25, 0.3) is 0 Å². The maximum absolute atomic E-state index is 13.0. The zero-order valence-electron chi connectivity index (χ0n) is 17.8. The van der Waals surface area contributed by atoms with Crippen LogP contribution in [0.3, 0.4) is 0 Å². The molecule has 1 fully saturated rings. The quantitative estimate of drug-likeness (QED) is 0.524. The van der Waals surface area contributed by atoms with E-state index in [0.717, 1.165) is 16.3 Å². The Labute approximate surface area is 186 Å². The first-order chi connectivity index (χ1) is 15.6. The van der Waals surface area contributed by atoms with Crippen molar-refractivity contribution in [3.8, 4) is 5.75 Å². The Kier molecular flexibility index (Phi) is 5.39. The Bertz CT molecular complexity index is 1190. The average Bonchev–Trinajstić information content (AvgIpc) is 2.81. The number of hydrogen-bond donors (Lipinski definition) is 0. The van der Waals surface area contributed by atoms with Gasteiger partial charge in [0.05, 0.1) is 11.5 Å². The summed E-state index contributed by atoms with van der Waals surface area (Å²) in [5, 5.41) is 2.15. The molecule has 1 aliphatic heterocycles. The number of allylic oxidation sites excluding steroid dienone is 1. The van der Waals surface area contributed by atoms with Crippen LogP contribution < -0.4 is 4.74 Å². The standard InChI is InChI=1S/C27H24O5/c1-17-6-8-19(9-7-17)27(29)32-22-12-13-23-24(15-22)30-16-25(26(23)28)31-21-11-10-18-4-2-3-5-20(18)14-21/h2-11,14,16,22-24H,12-13,15H2,1H3. The third-order valence-electron chi connectivity index (χ3n) is 6.18. The average molecular weight is 428 g/mol. The van der Waals surface area contributed by atoms with E-state index < -0.39 is 0 Å². The molecule has 1 saturated carbocycles. The number of aryl methyl sites for hydroxylation is 1. The zero-order valence-corrected chi connectivity index (χ0v) is 17.8. The molecule has 162 valence electrons. The first kappa shape index (κ1) is 20.3. The first-order valence-electron chi connectivity index (χ1n) is 10.9. The van der Waals surface area contributed by atoms with Crippen molar-refractivity contribution < 1.29 is 23.8 Å². The van der Waals surface area contributed by atoms with Crippen LogP contribution in [0.1, 0.15) is 35.2 Å². The molecule has 0 saturated heterocycles. The minimum atomic E-state index is -0.341. The number of fused-ring (bicyclic) bond motifs is 2. The number of carbonyl (C=O) groups is 2. The number of hydrogen-bond acceptors (Lipinski definition) is 5. The van der Waals surface area contributed by atoms with Crippen LogP contribution in [0.15, 0.2) is 78.8 Å². The van der Waals surface area contributed by atoms with Gasteiger partial charge in [-0.2, -0.15) is 0 Å². The monoisotopic (exact) mass is 428 g/mol. The van der Waals surface area contributed by atoms with Gasteiger partial charge in [-0.05, 0) is 54.8 Å². The van der Waals surface area contributed by atoms with Crippen LogP contribution >= 0.6 is 0 Å². The van der Waals surface area contributed by atoms with Crippen molar-refractivity contribution >= 4 is 22.5 Å². The van der Waals surface area contributed by atoms with Crippen molar-refractivity contribution in [2.75, 3.05) is 0 Å². The van der Waals surface area contributed by atoms with Crippen LogP contribution in [0, 0.1) is 12.8 Å². The van der Waals surface area contributed by atoms with E-state index in [0.29, 0.717) is 30.6 Å². The van der Waals surface area contributed by atoms with Crippen LogP contribution in [0.5, 0.6) is 5.75 Å². The lowest BCUT2D eigenvalue weighted by Gasteiger charge is -2.36. The molecule has 0 bridgehead atoms. The maximum Gasteiger partial charge on any atom is 0.338 e. The van der Waals surface area contributed by atoms with E-state index in [2.05, 4.69) is 0 Å². The van der Waals surface area contributed by atoms with Gasteiger partial charge in [0.15, 0.2) is 0 Å². The highest BCUT2D eigenvalue weighted by Crippen LogP contribution is 2.35. The summed E-state index contributed by atoms with van der Waals surface area (Å²) in [6.45, 7) is 1.97. The molecule has 0 amide bonds. The van der Waals surface area contributed by atoms with Gasteiger partial charge >= 0.3 is 5.97 Å². The van der Waals surface area contributed by atoms with E-state index in [-0.39, 0.29) is 35.6 Å². The van der Waals surface area contributed by atoms with Crippen LogP contribution in [0.2, 0.25) is 0 Å². The molecule has 3 aromatic rings. The van der Waals surface area contributed by atoms with Crippen molar-refractivity contribution in [3.05, 3.63) is 89.9 Å². The van der Waals surface area contributed by atoms with Crippen molar-refractivity contribution in [3.63, 3.8) is 0 Å². The second-order valence-electron chi connectivity index (χ2n) is 8.44. The molecular formula is C27H24O5. The molecule has 3 aromatic carbocycles. The predicted molar refractivity (Wildman–Crippen MR) is 120 cm³/mol. The van der Waals surface area contributed by atoms with Gasteiger partial charge in [-0.25, -0.2) is 4.79 Å². The van der Waals surface area contributed by atoms with Gasteiger partial charge < -0.3 is 14.2 Å². The zero-order chi connectivity index (χ0) is 22.1. The molecular weight excluding hydrogens is 404 g/mol. The predicted octanol–water partition coefficient (Wildman–Crippen LogP) is 5.36. The largest absolute Gasteiger partial charge is 0.493 e. The molecule has 3 atom stereocenters. The summed E-state index contributed by atoms with van der Waals surface area (Å²) in [5.74, 6) is 0.136. The lowest BCUT2D eigenvalue weighted by molar-refractivity contribution is -0.132. The summed E-state index contributed by atoms with van der Waals surface area (Å²) >= 11 is 0. The van der Waals surface area contributed by atoms with Crippen molar-refractivity contribution in [2.24, 2.45) is 5.92 Å². The first-order valence-corrected chi connectivity index (χ1v) is 10.9. The summed E-state index contributed by atoms with van der Waals surface area (Å²) in [7, 11) is 0. The summed E-state index contributed by atoms with van der Waals surface area (Å²) in [6.07, 6.45) is 2.53. The lowest BCUT2D eigenvalue weighted by atomic mass is 9.80. The summed E-state index contributed by atoms with van der Waals surface area (Å²) in [6, 6.07) is 21.0. The fraction of sp³-hybridized carbons (Fsp3) is 0.259. The van der Waals surface area contributed by atoms with E-state index >= 15 is 0 Å². The van der Waals surface area contributed by atoms with E-state index in [9.17, 15) is 9.59 Å². The van der Waals surface area contributed by atoms with E-state index in [1.807, 2.05) is 61.5 Å². The number of rotatable bonds is 4. The van der Waals surface area contributed by atoms with Gasteiger partial charge in [0.1, 0.15) is 24.2 Å². The molecule has 0 aromatic heterocycles. The smallest absolute Gasteiger partial charge is 0.338 e. The summed E-state index contributed by atoms with van der Waals surface area (Å²) < 4.78 is 17.4. The molecule has 0 N–H and O–H groups in total. The Balaban J connectivity index is 1.23. The van der Waals surface area contributed by atoms with Gasteiger partial charge in [-0.3, -0.25) is 4.79 Å². The molecule has 1 aliphatic carbocycles. The number of ether oxygens (including phenoxy) is 3. The number of esters is 1. The molecule has 2 aliphatic rings. The second kappa shape index (κ2) is 8.50. The molecule has 0 spiro atoms. The highest BCUT2D eigenvalue weighted by atomic mass is 16.6. The van der Waals surface area contributed by atoms with E-state index in [4.69, 9.17) is 14.2 Å². The minimum Gasteiger partial charge on any atom is -0.493 e. The van der Waals surface area contributed by atoms with Crippen LogP contribution in [-0.2, 0) is 14.3 Å². The molecule has 32 heavy (non-hydrogen) atoms. The molecule has 0 radical (unpaired) electrons. The highest BCUT2D eigenvalue weighted by molar-refractivity contribution is 5.97. The third kappa shape index (κ3) is 4.11. The molecule has 5 rings (SSSR count). The Morgan fingerprint density at radius 1 is 0.969 bits per heavy atom. The minimum absolute atomic E-state index is 0.0577. The Morgan fingerprint density at radius 3 is 2.56 bits per heavy atom. The van der Waals surface area contributed by atoms with Crippen LogP contribution in [0.4, 0.5) is 0 Å². The number of Topliss-reactive ketones (excluding diaryl/α,β-unsaturated/α-hetero) is 1. The molecule has 5 heteroatoms. The molecule has 3 unspecified atom stereocenters. The Hall–Kier alpha value is -3.60. The van der Waals surface area contributed by atoms with Gasteiger partial charge in [-0.15, -0.1) is 0 Å². The lowest BCUT2D eigenvalue weighted by Crippen LogP contribution is -2.43. The molecule has 5 nitrogen and oxygen atoms in total. The van der Waals surface area contributed by atoms with E-state index in [1.165, 1.54) is 6.26 Å². The SMILES string of the molecule is Cc1ccc(C(=O)OC2CCC3C(=O)C(Oc4ccc5ccccc5c4)=COC3C2)cc1.